The van der Waals surface area contributed by atoms with Crippen LogP contribution in [0.25, 0.3) is 0 Å². The Kier molecular flexibility index (Phi) is 7.44. The predicted octanol–water partition coefficient (Wildman–Crippen LogP) is 3.68. The van der Waals surface area contributed by atoms with Gasteiger partial charge in [0.05, 0.1) is 4.90 Å². The van der Waals surface area contributed by atoms with Crippen LogP contribution in [0.1, 0.15) is 24.0 Å². The molecule has 2 aromatic carbocycles. The zero-order valence-corrected chi connectivity index (χ0v) is 19.2. The summed E-state index contributed by atoms with van der Waals surface area (Å²) in [6.07, 6.45) is 3.44. The maximum absolute atomic E-state index is 13.0. The normalized spacial score (nSPS) is 15.7. The van der Waals surface area contributed by atoms with Crippen LogP contribution in [0, 0.1) is 6.92 Å². The number of benzene rings is 2. The number of aryl methyl sites for hydroxylation is 1. The molecule has 0 bridgehead atoms. The number of anilines is 1. The van der Waals surface area contributed by atoms with Crippen molar-refractivity contribution in [2.24, 2.45) is 0 Å². The number of nitrogens with zero attached hydrogens (tertiary/aromatic N) is 2. The Hall–Kier alpha value is -2.03. The Bertz CT molecular complexity index is 969. The first-order valence-corrected chi connectivity index (χ1v) is 12.5. The molecule has 2 aromatic rings. The molecule has 3 rings (SSSR count). The van der Waals surface area contributed by atoms with Crippen molar-refractivity contribution < 1.29 is 17.9 Å². The van der Waals surface area contributed by atoms with E-state index in [1.54, 1.807) is 28.2 Å². The number of thioether (sulfide) groups is 1. The highest BCUT2D eigenvalue weighted by molar-refractivity contribution is 7.98. The second kappa shape index (κ2) is 9.85. The highest BCUT2D eigenvalue weighted by atomic mass is 32.2. The zero-order chi connectivity index (χ0) is 21.7. The second-order valence-corrected chi connectivity index (χ2v) is 10.3. The van der Waals surface area contributed by atoms with Crippen molar-refractivity contribution >= 4 is 33.9 Å². The summed E-state index contributed by atoms with van der Waals surface area (Å²) in [4.78, 5) is 14.2. The molecule has 0 spiro atoms. The maximum atomic E-state index is 13.0. The summed E-state index contributed by atoms with van der Waals surface area (Å²) >= 11 is 1.59. The fourth-order valence-corrected chi connectivity index (χ4v) is 5.74. The summed E-state index contributed by atoms with van der Waals surface area (Å²) in [5.74, 6) is 0. The molecular weight excluding hydrogens is 420 g/mol. The highest BCUT2D eigenvalue weighted by Crippen LogP contribution is 2.29. The van der Waals surface area contributed by atoms with E-state index in [1.807, 2.05) is 50.6 Å². The fourth-order valence-electron chi connectivity index (χ4n) is 3.86. The molecule has 30 heavy (non-hydrogen) atoms. The van der Waals surface area contributed by atoms with Gasteiger partial charge in [0.15, 0.2) is 0 Å². The van der Waals surface area contributed by atoms with Crippen LogP contribution in [0.2, 0.25) is 0 Å². The molecule has 162 valence electrons. The first-order chi connectivity index (χ1) is 14.4. The van der Waals surface area contributed by atoms with Gasteiger partial charge in [-0.15, -0.1) is 11.8 Å². The van der Waals surface area contributed by atoms with Crippen LogP contribution in [0.5, 0.6) is 0 Å². The highest BCUT2D eigenvalue weighted by Gasteiger charge is 2.31. The molecule has 1 saturated heterocycles. The van der Waals surface area contributed by atoms with Crippen LogP contribution < -0.4 is 4.90 Å². The average Bonchev–Trinajstić information content (AvgIpc) is 2.77. The standard InChI is InChI=1S/C22H28N2O4S2/c1-17-4-9-22(18(14-17)15-28-16-25)23(2)19-10-12-24(13-11-19)30(26,27)21-7-5-20(29-3)6-8-21/h4-9,14,16,19H,10-13,15H2,1-3H3. The van der Waals surface area contributed by atoms with Gasteiger partial charge in [0.1, 0.15) is 6.61 Å². The minimum atomic E-state index is -3.48. The van der Waals surface area contributed by atoms with E-state index in [4.69, 9.17) is 4.74 Å². The van der Waals surface area contributed by atoms with E-state index < -0.39 is 10.0 Å². The van der Waals surface area contributed by atoms with Gasteiger partial charge in [-0.25, -0.2) is 8.42 Å². The quantitative estimate of drug-likeness (QED) is 0.453. The van der Waals surface area contributed by atoms with Crippen molar-refractivity contribution in [2.45, 2.75) is 42.2 Å². The number of ether oxygens (including phenoxy) is 1. The molecule has 1 aliphatic rings. The lowest BCUT2D eigenvalue weighted by atomic mass is 10.0. The van der Waals surface area contributed by atoms with Crippen LogP contribution in [0.3, 0.4) is 0 Å². The molecule has 1 heterocycles. The third-order valence-corrected chi connectivity index (χ3v) is 8.25. The number of carbonyl (C=O) groups is 1. The molecular formula is C22H28N2O4S2. The van der Waals surface area contributed by atoms with Gasteiger partial charge in [0.25, 0.3) is 6.47 Å². The zero-order valence-electron chi connectivity index (χ0n) is 17.6. The number of hydrogen-bond acceptors (Lipinski definition) is 6. The van der Waals surface area contributed by atoms with Gasteiger partial charge in [-0.05, 0) is 56.4 Å². The third-order valence-electron chi connectivity index (χ3n) is 5.59. The van der Waals surface area contributed by atoms with Gasteiger partial charge in [-0.2, -0.15) is 4.31 Å². The molecule has 0 atom stereocenters. The number of carbonyl (C=O) groups excluding carboxylic acids is 1. The van der Waals surface area contributed by atoms with Crippen LogP contribution in [-0.2, 0) is 26.2 Å². The maximum Gasteiger partial charge on any atom is 0.293 e. The van der Waals surface area contributed by atoms with Crippen molar-refractivity contribution in [3.8, 4) is 0 Å². The van der Waals surface area contributed by atoms with Crippen molar-refractivity contribution in [2.75, 3.05) is 31.3 Å². The van der Waals surface area contributed by atoms with Crippen LogP contribution in [0.4, 0.5) is 5.69 Å². The van der Waals surface area contributed by atoms with Gasteiger partial charge >= 0.3 is 0 Å². The minimum Gasteiger partial charge on any atom is -0.463 e. The van der Waals surface area contributed by atoms with E-state index in [0.29, 0.717) is 24.5 Å². The average molecular weight is 449 g/mol. The van der Waals surface area contributed by atoms with Crippen LogP contribution in [-0.4, -0.2) is 51.6 Å². The number of rotatable bonds is 8. The molecule has 0 aliphatic carbocycles. The summed E-state index contributed by atoms with van der Waals surface area (Å²) < 4.78 is 32.6. The van der Waals surface area contributed by atoms with E-state index in [0.717, 1.165) is 34.6 Å². The Balaban J connectivity index is 1.69. The number of sulfonamides is 1. The van der Waals surface area contributed by atoms with E-state index in [9.17, 15) is 13.2 Å². The summed E-state index contributed by atoms with van der Waals surface area (Å²) in [6, 6.07) is 13.4. The van der Waals surface area contributed by atoms with Crippen LogP contribution >= 0.6 is 11.8 Å². The first-order valence-electron chi connectivity index (χ1n) is 9.88. The van der Waals surface area contributed by atoms with E-state index in [-0.39, 0.29) is 12.6 Å². The largest absolute Gasteiger partial charge is 0.463 e. The third kappa shape index (κ3) is 4.99. The van der Waals surface area contributed by atoms with Gasteiger partial charge < -0.3 is 9.64 Å². The molecule has 6 nitrogen and oxygen atoms in total. The molecule has 8 heteroatoms. The smallest absolute Gasteiger partial charge is 0.293 e. The van der Waals surface area contributed by atoms with Crippen molar-refractivity contribution in [1.82, 2.24) is 4.31 Å². The second-order valence-electron chi connectivity index (χ2n) is 7.46. The van der Waals surface area contributed by atoms with Gasteiger partial charge in [0.2, 0.25) is 10.0 Å². The molecule has 0 N–H and O–H groups in total. The Morgan fingerprint density at radius 3 is 2.43 bits per heavy atom. The van der Waals surface area contributed by atoms with E-state index in [2.05, 4.69) is 4.90 Å². The van der Waals surface area contributed by atoms with E-state index in [1.165, 1.54) is 0 Å². The fraction of sp³-hybridized carbons (Fsp3) is 0.409. The summed E-state index contributed by atoms with van der Waals surface area (Å²) in [7, 11) is -1.46. The SMILES string of the molecule is CSc1ccc(S(=O)(=O)N2CCC(N(C)c3ccc(C)cc3COC=O)CC2)cc1. The lowest BCUT2D eigenvalue weighted by Crippen LogP contribution is -2.45. The lowest BCUT2D eigenvalue weighted by molar-refractivity contribution is -0.129. The number of hydrogen-bond donors (Lipinski definition) is 0. The predicted molar refractivity (Wildman–Crippen MR) is 120 cm³/mol. The Labute approximate surface area is 183 Å². The molecule has 1 aliphatic heterocycles. The molecule has 0 radical (unpaired) electrons. The first kappa shape index (κ1) is 22.7. The Morgan fingerprint density at radius 2 is 1.83 bits per heavy atom. The minimum absolute atomic E-state index is 0.216. The topological polar surface area (TPSA) is 66.9 Å². The monoisotopic (exact) mass is 448 g/mol. The molecule has 0 saturated carbocycles. The molecule has 0 aromatic heterocycles. The molecule has 1 fully saturated rings. The van der Waals surface area contributed by atoms with Gasteiger partial charge in [-0.3, -0.25) is 4.79 Å². The summed E-state index contributed by atoms with van der Waals surface area (Å²) in [5, 5.41) is 0. The summed E-state index contributed by atoms with van der Waals surface area (Å²) in [6.45, 7) is 3.65. The summed E-state index contributed by atoms with van der Waals surface area (Å²) in [5.41, 5.74) is 3.06. The Morgan fingerprint density at radius 1 is 1.17 bits per heavy atom. The molecule has 0 unspecified atom stereocenters. The number of piperidine rings is 1. The van der Waals surface area contributed by atoms with E-state index >= 15 is 0 Å². The lowest BCUT2D eigenvalue weighted by Gasteiger charge is -2.38. The van der Waals surface area contributed by atoms with Crippen LogP contribution in [0.15, 0.2) is 52.3 Å². The van der Waals surface area contributed by atoms with Crippen molar-refractivity contribution in [3.63, 3.8) is 0 Å². The van der Waals surface area contributed by atoms with Crippen molar-refractivity contribution in [3.05, 3.63) is 53.6 Å². The van der Waals surface area contributed by atoms with Crippen molar-refractivity contribution in [1.29, 1.82) is 0 Å². The van der Waals surface area contributed by atoms with Gasteiger partial charge in [0, 0.05) is 42.3 Å². The van der Waals surface area contributed by atoms with Gasteiger partial charge in [-0.1, -0.05) is 17.7 Å². The molecule has 0 amide bonds.